The Bertz CT molecular complexity index is 1070. The van der Waals surface area contributed by atoms with Gasteiger partial charge in [0, 0.05) is 23.8 Å². The first-order valence-electron chi connectivity index (χ1n) is 9.88. The third-order valence-electron chi connectivity index (χ3n) is 4.81. The van der Waals surface area contributed by atoms with Gasteiger partial charge in [0.2, 0.25) is 5.91 Å². The fourth-order valence-corrected chi connectivity index (χ4v) is 4.62. The molecule has 0 unspecified atom stereocenters. The van der Waals surface area contributed by atoms with Crippen molar-refractivity contribution in [2.24, 2.45) is 0 Å². The molecule has 1 aromatic heterocycles. The summed E-state index contributed by atoms with van der Waals surface area (Å²) in [6, 6.07) is 12.5. The topological polar surface area (TPSA) is 72.3 Å². The number of thioether (sulfide) groups is 1. The zero-order valence-electron chi connectivity index (χ0n) is 16.9. The van der Waals surface area contributed by atoms with Gasteiger partial charge in [-0.1, -0.05) is 52.6 Å². The molecule has 1 aliphatic heterocycles. The average molecular weight is 513 g/mol. The molecular weight excluding hydrogens is 493 g/mol. The molecule has 1 amide bonds. The second-order valence-corrected chi connectivity index (χ2v) is 9.23. The van der Waals surface area contributed by atoms with Crippen LogP contribution in [0.15, 0.2) is 47.6 Å². The predicted octanol–water partition coefficient (Wildman–Crippen LogP) is 4.79. The molecule has 168 valence electrons. The molecule has 1 saturated heterocycles. The van der Waals surface area contributed by atoms with Gasteiger partial charge >= 0.3 is 0 Å². The normalized spacial score (nSPS) is 14.5. The number of para-hydroxylation sites is 1. The lowest BCUT2D eigenvalue weighted by Gasteiger charge is -2.26. The molecule has 4 rings (SSSR count). The van der Waals surface area contributed by atoms with E-state index in [1.807, 2.05) is 28.8 Å². The van der Waals surface area contributed by atoms with E-state index in [0.717, 1.165) is 24.6 Å². The number of nitrogens with zero attached hydrogens (tertiary/aromatic N) is 4. The van der Waals surface area contributed by atoms with Crippen LogP contribution in [-0.2, 0) is 16.1 Å². The van der Waals surface area contributed by atoms with E-state index in [2.05, 4.69) is 20.4 Å². The number of carbonyl (C=O) groups is 1. The van der Waals surface area contributed by atoms with Gasteiger partial charge in [0.15, 0.2) is 11.0 Å². The van der Waals surface area contributed by atoms with Crippen molar-refractivity contribution < 1.29 is 9.53 Å². The molecule has 0 radical (unpaired) electrons. The van der Waals surface area contributed by atoms with Gasteiger partial charge in [0.1, 0.15) is 0 Å². The number of amides is 1. The Kier molecular flexibility index (Phi) is 7.93. The summed E-state index contributed by atoms with van der Waals surface area (Å²) in [5.74, 6) is 0.654. The van der Waals surface area contributed by atoms with Crippen LogP contribution in [0.1, 0.15) is 5.82 Å². The van der Waals surface area contributed by atoms with E-state index in [0.29, 0.717) is 45.7 Å². The summed E-state index contributed by atoms with van der Waals surface area (Å²) in [6.45, 7) is 3.68. The van der Waals surface area contributed by atoms with E-state index in [9.17, 15) is 4.79 Å². The lowest BCUT2D eigenvalue weighted by Crippen LogP contribution is -2.36. The smallest absolute Gasteiger partial charge is 0.234 e. The first-order chi connectivity index (χ1) is 15.5. The molecule has 32 heavy (non-hydrogen) atoms. The Hall–Kier alpha value is -1.81. The van der Waals surface area contributed by atoms with Crippen molar-refractivity contribution in [2.75, 3.05) is 37.4 Å². The highest BCUT2D eigenvalue weighted by molar-refractivity contribution is 7.99. The molecule has 2 aromatic carbocycles. The molecule has 1 fully saturated rings. The summed E-state index contributed by atoms with van der Waals surface area (Å²) in [6.07, 6.45) is 0. The number of aromatic nitrogens is 3. The van der Waals surface area contributed by atoms with E-state index >= 15 is 0 Å². The first-order valence-corrected chi connectivity index (χ1v) is 12.0. The molecule has 2 heterocycles. The van der Waals surface area contributed by atoms with Crippen LogP contribution in [0.2, 0.25) is 15.1 Å². The zero-order valence-corrected chi connectivity index (χ0v) is 20.0. The Morgan fingerprint density at radius 1 is 1.03 bits per heavy atom. The van der Waals surface area contributed by atoms with Gasteiger partial charge in [0.05, 0.1) is 41.2 Å². The van der Waals surface area contributed by atoms with Gasteiger partial charge in [-0.05, 0) is 36.4 Å². The third kappa shape index (κ3) is 5.75. The first kappa shape index (κ1) is 23.4. The number of hydrogen-bond donors (Lipinski definition) is 1. The highest BCUT2D eigenvalue weighted by atomic mass is 35.5. The maximum absolute atomic E-state index is 12.6. The number of anilines is 1. The highest BCUT2D eigenvalue weighted by Crippen LogP contribution is 2.30. The largest absolute Gasteiger partial charge is 0.379 e. The van der Waals surface area contributed by atoms with Crippen LogP contribution in [0.25, 0.3) is 5.69 Å². The Balaban J connectivity index is 1.52. The van der Waals surface area contributed by atoms with Crippen molar-refractivity contribution in [3.05, 3.63) is 63.4 Å². The summed E-state index contributed by atoms with van der Waals surface area (Å²) >= 11 is 19.7. The number of benzene rings is 2. The number of morpholine rings is 1. The van der Waals surface area contributed by atoms with Gasteiger partial charge in [-0.25, -0.2) is 0 Å². The van der Waals surface area contributed by atoms with Crippen molar-refractivity contribution in [1.29, 1.82) is 0 Å². The molecule has 7 nitrogen and oxygen atoms in total. The molecule has 0 bridgehead atoms. The molecule has 1 N–H and O–H groups in total. The van der Waals surface area contributed by atoms with Crippen LogP contribution >= 0.6 is 46.6 Å². The standard InChI is InChI=1S/C21H20Cl3N5O2S/c22-14-4-6-15(7-5-14)29-18(12-28-8-10-31-11-9-28)26-27-21(29)32-13-19(30)25-20-16(23)2-1-3-17(20)24/h1-7H,8-13H2,(H,25,30). The zero-order chi connectivity index (χ0) is 22.5. The average Bonchev–Trinajstić information content (AvgIpc) is 3.18. The minimum Gasteiger partial charge on any atom is -0.379 e. The lowest BCUT2D eigenvalue weighted by atomic mass is 10.3. The Morgan fingerprint density at radius 3 is 2.41 bits per heavy atom. The van der Waals surface area contributed by atoms with Crippen molar-refractivity contribution in [3.8, 4) is 5.69 Å². The van der Waals surface area contributed by atoms with Crippen LogP contribution in [0.3, 0.4) is 0 Å². The summed E-state index contributed by atoms with van der Waals surface area (Å²) in [4.78, 5) is 14.8. The highest BCUT2D eigenvalue weighted by Gasteiger charge is 2.20. The van der Waals surface area contributed by atoms with E-state index in [1.54, 1.807) is 18.2 Å². The molecule has 1 aliphatic rings. The Morgan fingerprint density at radius 2 is 1.72 bits per heavy atom. The van der Waals surface area contributed by atoms with Crippen LogP contribution in [-0.4, -0.2) is 57.6 Å². The van der Waals surface area contributed by atoms with Crippen molar-refractivity contribution >= 4 is 58.2 Å². The number of rotatable bonds is 7. The van der Waals surface area contributed by atoms with E-state index < -0.39 is 0 Å². The number of carbonyl (C=O) groups excluding carboxylic acids is 1. The SMILES string of the molecule is O=C(CSc1nnc(CN2CCOCC2)n1-c1ccc(Cl)cc1)Nc1c(Cl)cccc1Cl. The summed E-state index contributed by atoms with van der Waals surface area (Å²) in [5.41, 5.74) is 1.27. The minimum absolute atomic E-state index is 0.116. The second kappa shape index (κ2) is 10.9. The monoisotopic (exact) mass is 511 g/mol. The number of nitrogens with one attached hydrogen (secondary N) is 1. The Labute approximate surface area is 205 Å². The maximum Gasteiger partial charge on any atom is 0.234 e. The van der Waals surface area contributed by atoms with Crippen LogP contribution in [0, 0.1) is 0 Å². The quantitative estimate of drug-likeness (QED) is 0.459. The van der Waals surface area contributed by atoms with Crippen molar-refractivity contribution in [3.63, 3.8) is 0 Å². The minimum atomic E-state index is -0.245. The van der Waals surface area contributed by atoms with E-state index in [4.69, 9.17) is 39.5 Å². The van der Waals surface area contributed by atoms with Gasteiger partial charge in [-0.2, -0.15) is 0 Å². The number of halogens is 3. The molecule has 3 aromatic rings. The van der Waals surface area contributed by atoms with Gasteiger partial charge in [0.25, 0.3) is 0 Å². The van der Waals surface area contributed by atoms with E-state index in [-0.39, 0.29) is 11.7 Å². The van der Waals surface area contributed by atoms with Crippen LogP contribution < -0.4 is 5.32 Å². The lowest BCUT2D eigenvalue weighted by molar-refractivity contribution is -0.113. The molecule has 11 heteroatoms. The predicted molar refractivity (Wildman–Crippen MR) is 128 cm³/mol. The third-order valence-corrected chi connectivity index (χ3v) is 6.62. The summed E-state index contributed by atoms with van der Waals surface area (Å²) in [5, 5.41) is 13.5. The summed E-state index contributed by atoms with van der Waals surface area (Å²) < 4.78 is 7.39. The van der Waals surface area contributed by atoms with Gasteiger partial charge in [-0.15, -0.1) is 10.2 Å². The molecule has 0 aliphatic carbocycles. The van der Waals surface area contributed by atoms with Crippen LogP contribution in [0.4, 0.5) is 5.69 Å². The number of ether oxygens (including phenoxy) is 1. The summed E-state index contributed by atoms with van der Waals surface area (Å²) in [7, 11) is 0. The maximum atomic E-state index is 12.6. The molecule has 0 atom stereocenters. The fourth-order valence-electron chi connectivity index (χ4n) is 3.23. The fraction of sp³-hybridized carbons (Fsp3) is 0.286. The van der Waals surface area contributed by atoms with Crippen LogP contribution in [0.5, 0.6) is 0 Å². The van der Waals surface area contributed by atoms with Crippen molar-refractivity contribution in [1.82, 2.24) is 19.7 Å². The second-order valence-electron chi connectivity index (χ2n) is 7.03. The van der Waals surface area contributed by atoms with Gasteiger partial charge < -0.3 is 10.1 Å². The number of hydrogen-bond acceptors (Lipinski definition) is 6. The van der Waals surface area contributed by atoms with E-state index in [1.165, 1.54) is 11.8 Å². The van der Waals surface area contributed by atoms with Gasteiger partial charge in [-0.3, -0.25) is 14.3 Å². The molecule has 0 saturated carbocycles. The van der Waals surface area contributed by atoms with Crippen molar-refractivity contribution in [2.45, 2.75) is 11.7 Å². The molecule has 0 spiro atoms. The molecular formula is C21H20Cl3N5O2S.